The average molecular weight is 1230 g/mol. The van der Waals surface area contributed by atoms with Crippen molar-refractivity contribution in [1.82, 2.24) is 39.9 Å². The van der Waals surface area contributed by atoms with Gasteiger partial charge in [-0.2, -0.15) is 0 Å². The summed E-state index contributed by atoms with van der Waals surface area (Å²) in [6.45, 7) is 8.27. The number of halogens is 1. The highest BCUT2D eigenvalue weighted by molar-refractivity contribution is 9.10. The number of hydrogen-bond donors (Lipinski definition) is 0. The molecule has 1 aliphatic rings. The Bertz CT molecular complexity index is 5280. The highest BCUT2D eigenvalue weighted by atomic mass is 79.9. The van der Waals surface area contributed by atoms with Crippen LogP contribution in [-0.4, -0.2) is 58.2 Å². The fourth-order valence-corrected chi connectivity index (χ4v) is 12.9. The van der Waals surface area contributed by atoms with Crippen molar-refractivity contribution >= 4 is 115 Å². The molecule has 0 aliphatic carbocycles. The number of fused-ring (bicyclic) bond motifs is 10. The number of rotatable bonds is 6. The number of aromatic nitrogens is 8. The lowest BCUT2D eigenvalue weighted by atomic mass is 9.79. The van der Waals surface area contributed by atoms with E-state index in [-0.39, 0.29) is 18.3 Å². The largest absolute Gasteiger partial charge is 0.494 e. The first-order valence-corrected chi connectivity index (χ1v) is 30.8. The van der Waals surface area contributed by atoms with Gasteiger partial charge in [0.1, 0.15) is 0 Å². The van der Waals surface area contributed by atoms with Crippen LogP contribution in [0.15, 0.2) is 272 Å². The van der Waals surface area contributed by atoms with Crippen LogP contribution >= 0.6 is 15.9 Å². The van der Waals surface area contributed by atoms with Crippen LogP contribution in [0.4, 0.5) is 0 Å². The van der Waals surface area contributed by atoms with E-state index in [1.807, 2.05) is 36.7 Å². The summed E-state index contributed by atoms with van der Waals surface area (Å²) in [5.41, 5.74) is 12.5. The van der Waals surface area contributed by atoms with Gasteiger partial charge in [0, 0.05) is 85.5 Å². The maximum atomic E-state index is 6.16. The molecule has 16 aromatic rings. The molecule has 90 heavy (non-hydrogen) atoms. The van der Waals surface area contributed by atoms with Crippen molar-refractivity contribution in [3.63, 3.8) is 0 Å². The molecule has 10 aromatic carbocycles. The van der Waals surface area contributed by atoms with Gasteiger partial charge in [0.15, 0.2) is 11.6 Å². The van der Waals surface area contributed by atoms with Crippen molar-refractivity contribution in [2.24, 2.45) is 0 Å². The Hall–Kier alpha value is -10.5. The lowest BCUT2D eigenvalue weighted by Crippen LogP contribution is -2.41. The Balaban J connectivity index is 0.000000119. The molecule has 6 aromatic heterocycles. The summed E-state index contributed by atoms with van der Waals surface area (Å²) in [4.78, 5) is 37.3. The fraction of sp³-hybridized carbons (Fsp3) is 0.0769. The SMILES string of the molecule is Brc1c2ccccc2c(-c2ncccn2)c2ccccc12.CC1(C)OB(c2ccc(-c3ccc4ccc5cccnc5c4n3)cc2)OC1(C)C.c1cnc(-c2c3ccccc3c(-c3ccc(-c4ccc5ccc6cccnc6c5n4)cc3)c3ccccc23)nc1. The monoisotopic (exact) mass is 1230 g/mol. The zero-order valence-corrected chi connectivity index (χ0v) is 51.3. The predicted molar refractivity (Wildman–Crippen MR) is 372 cm³/mol. The molecule has 0 N–H and O–H groups in total. The van der Waals surface area contributed by atoms with Gasteiger partial charge in [-0.15, -0.1) is 0 Å². The molecule has 1 aliphatic heterocycles. The maximum absolute atomic E-state index is 6.16. The fourth-order valence-electron chi connectivity index (χ4n) is 12.2. The van der Waals surface area contributed by atoms with Crippen LogP contribution in [0.3, 0.4) is 0 Å². The van der Waals surface area contributed by atoms with Crippen LogP contribution in [0.25, 0.3) is 143 Å². The van der Waals surface area contributed by atoms with Crippen LogP contribution in [0.5, 0.6) is 0 Å². The van der Waals surface area contributed by atoms with E-state index in [1.54, 1.807) is 24.8 Å². The number of pyridine rings is 4. The molecule has 430 valence electrons. The van der Waals surface area contributed by atoms with E-state index in [4.69, 9.17) is 19.3 Å². The van der Waals surface area contributed by atoms with Gasteiger partial charge in [0.2, 0.25) is 0 Å². The predicted octanol–water partition coefficient (Wildman–Crippen LogP) is 18.8. The zero-order valence-electron chi connectivity index (χ0n) is 49.8. The molecular formula is C78H56BBrN8O2. The van der Waals surface area contributed by atoms with Gasteiger partial charge >= 0.3 is 7.12 Å². The van der Waals surface area contributed by atoms with Crippen LogP contribution < -0.4 is 5.46 Å². The van der Waals surface area contributed by atoms with Gasteiger partial charge in [0.05, 0.1) is 44.7 Å². The molecule has 10 nitrogen and oxygen atoms in total. The van der Waals surface area contributed by atoms with Gasteiger partial charge in [-0.3, -0.25) is 9.97 Å². The van der Waals surface area contributed by atoms with E-state index >= 15 is 0 Å². The third kappa shape index (κ3) is 10.2. The molecule has 0 radical (unpaired) electrons. The van der Waals surface area contributed by atoms with E-state index in [2.05, 4.69) is 280 Å². The van der Waals surface area contributed by atoms with Crippen LogP contribution in [-0.2, 0) is 9.31 Å². The minimum atomic E-state index is -0.355. The first-order chi connectivity index (χ1) is 44.0. The second-order valence-corrected chi connectivity index (χ2v) is 24.2. The summed E-state index contributed by atoms with van der Waals surface area (Å²) < 4.78 is 13.4. The zero-order chi connectivity index (χ0) is 60.9. The molecule has 1 saturated heterocycles. The van der Waals surface area contributed by atoms with E-state index in [1.165, 1.54) is 27.1 Å². The molecule has 12 heteroatoms. The van der Waals surface area contributed by atoms with Gasteiger partial charge in [-0.05, 0) is 140 Å². The Morgan fingerprint density at radius 2 is 0.622 bits per heavy atom. The molecule has 17 rings (SSSR count). The van der Waals surface area contributed by atoms with E-state index in [0.29, 0.717) is 0 Å². The van der Waals surface area contributed by atoms with Crippen molar-refractivity contribution in [2.45, 2.75) is 38.9 Å². The lowest BCUT2D eigenvalue weighted by Gasteiger charge is -2.32. The first-order valence-electron chi connectivity index (χ1n) is 30.0. The van der Waals surface area contributed by atoms with Gasteiger partial charge in [-0.25, -0.2) is 29.9 Å². The summed E-state index contributed by atoms with van der Waals surface area (Å²) in [7, 11) is -0.355. The van der Waals surface area contributed by atoms with E-state index in [0.717, 1.165) is 126 Å². The molecule has 0 saturated carbocycles. The smallest absolute Gasteiger partial charge is 0.399 e. The van der Waals surface area contributed by atoms with Crippen LogP contribution in [0.2, 0.25) is 0 Å². The van der Waals surface area contributed by atoms with Crippen LogP contribution in [0, 0.1) is 0 Å². The third-order valence-electron chi connectivity index (χ3n) is 17.4. The normalized spacial score (nSPS) is 13.5. The minimum absolute atomic E-state index is 0.343. The summed E-state index contributed by atoms with van der Waals surface area (Å²) in [5, 5.41) is 13.7. The van der Waals surface area contributed by atoms with Crippen molar-refractivity contribution in [1.29, 1.82) is 0 Å². The average Bonchev–Trinajstić information content (AvgIpc) is 1.05. The molecule has 1 fully saturated rings. The van der Waals surface area contributed by atoms with Crippen LogP contribution in [0.1, 0.15) is 27.7 Å². The number of benzene rings is 10. The van der Waals surface area contributed by atoms with E-state index < -0.39 is 0 Å². The molecule has 0 atom stereocenters. The highest BCUT2D eigenvalue weighted by Gasteiger charge is 2.51. The molecule has 0 unspecified atom stereocenters. The van der Waals surface area contributed by atoms with Crippen molar-refractivity contribution in [3.8, 4) is 56.4 Å². The maximum Gasteiger partial charge on any atom is 0.494 e. The number of nitrogens with zero attached hydrogens (tertiary/aromatic N) is 8. The van der Waals surface area contributed by atoms with Crippen molar-refractivity contribution < 1.29 is 9.31 Å². The molecule has 0 spiro atoms. The second kappa shape index (κ2) is 23.2. The quantitative estimate of drug-likeness (QED) is 0.0904. The third-order valence-corrected chi connectivity index (χ3v) is 18.3. The van der Waals surface area contributed by atoms with Gasteiger partial charge in [0.25, 0.3) is 0 Å². The Morgan fingerprint density at radius 3 is 1.03 bits per heavy atom. The van der Waals surface area contributed by atoms with Gasteiger partial charge in [-0.1, -0.05) is 194 Å². The first kappa shape index (κ1) is 56.0. The second-order valence-electron chi connectivity index (χ2n) is 23.4. The Morgan fingerprint density at radius 1 is 0.300 bits per heavy atom. The summed E-state index contributed by atoms with van der Waals surface area (Å²) in [6, 6.07) is 79.3. The summed E-state index contributed by atoms with van der Waals surface area (Å²) >= 11 is 3.75. The lowest BCUT2D eigenvalue weighted by molar-refractivity contribution is 0.00578. The molecule has 7 heterocycles. The Labute approximate surface area is 528 Å². The van der Waals surface area contributed by atoms with E-state index in [9.17, 15) is 0 Å². The summed E-state index contributed by atoms with van der Waals surface area (Å²) in [6.07, 6.45) is 10.8. The summed E-state index contributed by atoms with van der Waals surface area (Å²) in [5.74, 6) is 1.50. The topological polar surface area (TPSA) is 122 Å². The van der Waals surface area contributed by atoms with Crippen molar-refractivity contribution in [2.75, 3.05) is 0 Å². The Kier molecular flexibility index (Phi) is 14.5. The van der Waals surface area contributed by atoms with Gasteiger partial charge < -0.3 is 9.31 Å². The standard InChI is InChI=1S/C36H22N4.C24H23BN2O2.C18H11BrN2/c1-3-10-29-27(8-1)32(28-9-2-4-11-30(28)33(29)36-38-21-6-22-39-36)24-14-12-23(13-15-24)31-19-18-26-17-16-25-7-5-20-37-34(25)35(26)40-31;1-23(2)24(3,4)29-25(28-23)19-12-9-16(10-13-19)20-14-11-18-8-7-17-6-5-15-26-21(17)22(18)27-20;19-17-14-8-3-1-6-12(14)16(18-20-10-5-11-21-18)13-7-2-4-9-15(13)17/h1-22H;5-15H,1-4H3;1-11H. The number of hydrogen-bond acceptors (Lipinski definition) is 10. The molecule has 0 bridgehead atoms. The highest BCUT2D eigenvalue weighted by Crippen LogP contribution is 2.44. The van der Waals surface area contributed by atoms with Crippen molar-refractivity contribution in [3.05, 3.63) is 272 Å². The minimum Gasteiger partial charge on any atom is -0.399 e. The molecular weight excluding hydrogens is 1170 g/mol. The molecule has 0 amide bonds.